The van der Waals surface area contributed by atoms with Gasteiger partial charge in [0.15, 0.2) is 5.17 Å². The van der Waals surface area contributed by atoms with Crippen LogP contribution >= 0.6 is 11.8 Å². The standard InChI is InChI=1S/C11H20N2OS/c1-14-7-5-11(3-4-11)9-13-10-12-6-2-8-15-10/h2-9H2,1H3,(H,12,13). The fourth-order valence-corrected chi connectivity index (χ4v) is 2.66. The van der Waals surface area contributed by atoms with Gasteiger partial charge in [0.2, 0.25) is 0 Å². The van der Waals surface area contributed by atoms with Crippen LogP contribution in [0.2, 0.25) is 0 Å². The molecular weight excluding hydrogens is 208 g/mol. The fraction of sp³-hybridized carbons (Fsp3) is 0.909. The number of nitrogens with zero attached hydrogens (tertiary/aromatic N) is 1. The Morgan fingerprint density at radius 2 is 2.40 bits per heavy atom. The molecule has 4 heteroatoms. The van der Waals surface area contributed by atoms with Crippen molar-refractivity contribution in [2.45, 2.75) is 25.7 Å². The molecule has 86 valence electrons. The maximum atomic E-state index is 5.15. The molecule has 0 saturated heterocycles. The fourth-order valence-electron chi connectivity index (χ4n) is 1.84. The van der Waals surface area contributed by atoms with Gasteiger partial charge in [0.25, 0.3) is 0 Å². The van der Waals surface area contributed by atoms with E-state index in [1.54, 1.807) is 7.11 Å². The highest BCUT2D eigenvalue weighted by Crippen LogP contribution is 2.48. The molecule has 0 atom stereocenters. The molecule has 0 aromatic rings. The number of nitrogens with one attached hydrogen (secondary N) is 1. The van der Waals surface area contributed by atoms with Crippen molar-refractivity contribution in [2.75, 3.05) is 32.6 Å². The first-order valence-electron chi connectivity index (χ1n) is 5.75. The summed E-state index contributed by atoms with van der Waals surface area (Å²) < 4.78 is 5.15. The van der Waals surface area contributed by atoms with E-state index in [2.05, 4.69) is 10.3 Å². The highest BCUT2D eigenvalue weighted by Gasteiger charge is 2.41. The molecule has 0 spiro atoms. The van der Waals surface area contributed by atoms with Gasteiger partial charge < -0.3 is 10.1 Å². The van der Waals surface area contributed by atoms with E-state index in [-0.39, 0.29) is 0 Å². The number of aliphatic imine (C=N–C) groups is 1. The van der Waals surface area contributed by atoms with Crippen LogP contribution in [0.5, 0.6) is 0 Å². The summed E-state index contributed by atoms with van der Waals surface area (Å²) in [5.74, 6) is 1.22. The van der Waals surface area contributed by atoms with Gasteiger partial charge in [-0.2, -0.15) is 0 Å². The van der Waals surface area contributed by atoms with Gasteiger partial charge in [-0.15, -0.1) is 0 Å². The number of ether oxygens (including phenoxy) is 1. The van der Waals surface area contributed by atoms with Crippen LogP contribution in [0.1, 0.15) is 25.7 Å². The third-order valence-electron chi connectivity index (χ3n) is 3.20. The Morgan fingerprint density at radius 3 is 3.00 bits per heavy atom. The number of rotatable bonds is 5. The molecule has 0 unspecified atom stereocenters. The topological polar surface area (TPSA) is 33.6 Å². The average molecular weight is 228 g/mol. The Kier molecular flexibility index (Phi) is 3.92. The summed E-state index contributed by atoms with van der Waals surface area (Å²) in [5, 5.41) is 4.65. The van der Waals surface area contributed by atoms with Crippen LogP contribution in [0.25, 0.3) is 0 Å². The Balaban J connectivity index is 1.70. The third kappa shape index (κ3) is 3.38. The first kappa shape index (κ1) is 11.3. The molecule has 0 aromatic heterocycles. The summed E-state index contributed by atoms with van der Waals surface area (Å²) in [6.45, 7) is 2.98. The van der Waals surface area contributed by atoms with Crippen LogP contribution in [0.3, 0.4) is 0 Å². The zero-order chi connectivity index (χ0) is 10.6. The number of hydrogen-bond donors (Lipinski definition) is 1. The van der Waals surface area contributed by atoms with Crippen molar-refractivity contribution in [3.63, 3.8) is 0 Å². The second kappa shape index (κ2) is 5.21. The molecule has 1 saturated carbocycles. The van der Waals surface area contributed by atoms with Gasteiger partial charge in [-0.3, -0.25) is 4.99 Å². The number of thioether (sulfide) groups is 1. The molecule has 2 aliphatic rings. The molecule has 1 fully saturated rings. The highest BCUT2D eigenvalue weighted by molar-refractivity contribution is 8.13. The van der Waals surface area contributed by atoms with Crippen molar-refractivity contribution < 1.29 is 4.74 Å². The van der Waals surface area contributed by atoms with E-state index >= 15 is 0 Å². The molecular formula is C11H20N2OS. The van der Waals surface area contributed by atoms with Crippen LogP contribution in [-0.4, -0.2) is 37.7 Å². The average Bonchev–Trinajstić information content (AvgIpc) is 3.06. The molecule has 0 amide bonds. The molecule has 0 radical (unpaired) electrons. The van der Waals surface area contributed by atoms with Crippen molar-refractivity contribution in [1.82, 2.24) is 5.32 Å². The number of methoxy groups -OCH3 is 1. The number of hydrogen-bond acceptors (Lipinski definition) is 4. The molecule has 3 nitrogen and oxygen atoms in total. The van der Waals surface area contributed by atoms with E-state index in [1.165, 1.54) is 31.4 Å². The van der Waals surface area contributed by atoms with Gasteiger partial charge in [0, 0.05) is 32.6 Å². The maximum absolute atomic E-state index is 5.15. The van der Waals surface area contributed by atoms with E-state index < -0.39 is 0 Å². The summed E-state index contributed by atoms with van der Waals surface area (Å²) in [4.78, 5) is 4.48. The van der Waals surface area contributed by atoms with E-state index in [0.29, 0.717) is 5.41 Å². The summed E-state index contributed by atoms with van der Waals surface area (Å²) in [5.41, 5.74) is 0.524. The first-order chi connectivity index (χ1) is 7.35. The molecule has 1 heterocycles. The van der Waals surface area contributed by atoms with Crippen LogP contribution in [0.4, 0.5) is 0 Å². The van der Waals surface area contributed by atoms with Gasteiger partial charge in [0.1, 0.15) is 0 Å². The Hall–Kier alpha value is -0.220. The van der Waals surface area contributed by atoms with Crippen LogP contribution < -0.4 is 5.32 Å². The van der Waals surface area contributed by atoms with E-state index in [4.69, 9.17) is 4.74 Å². The van der Waals surface area contributed by atoms with Crippen molar-refractivity contribution in [3.05, 3.63) is 0 Å². The second-order valence-electron chi connectivity index (χ2n) is 4.49. The van der Waals surface area contributed by atoms with Crippen LogP contribution in [0, 0.1) is 5.41 Å². The lowest BCUT2D eigenvalue weighted by molar-refractivity contribution is 0.173. The molecule has 0 aromatic carbocycles. The van der Waals surface area contributed by atoms with Gasteiger partial charge >= 0.3 is 0 Å². The molecule has 1 N–H and O–H groups in total. The quantitative estimate of drug-likeness (QED) is 0.780. The normalized spacial score (nSPS) is 23.4. The minimum Gasteiger partial charge on any atom is -0.385 e. The van der Waals surface area contributed by atoms with E-state index in [1.807, 2.05) is 11.8 Å². The van der Waals surface area contributed by atoms with Crippen molar-refractivity contribution in [2.24, 2.45) is 10.4 Å². The Bertz CT molecular complexity index is 239. The predicted octanol–water partition coefficient (Wildman–Crippen LogP) is 1.89. The monoisotopic (exact) mass is 228 g/mol. The lowest BCUT2D eigenvalue weighted by atomic mass is 10.0. The van der Waals surface area contributed by atoms with Crippen molar-refractivity contribution in [1.29, 1.82) is 0 Å². The first-order valence-corrected chi connectivity index (χ1v) is 6.73. The summed E-state index contributed by atoms with van der Waals surface area (Å²) >= 11 is 1.86. The van der Waals surface area contributed by atoms with Gasteiger partial charge in [0.05, 0.1) is 0 Å². The molecule has 1 aliphatic carbocycles. The molecule has 2 rings (SSSR count). The third-order valence-corrected chi connectivity index (χ3v) is 4.24. The van der Waals surface area contributed by atoms with Gasteiger partial charge in [-0.1, -0.05) is 11.8 Å². The van der Waals surface area contributed by atoms with Gasteiger partial charge in [-0.25, -0.2) is 0 Å². The van der Waals surface area contributed by atoms with Crippen molar-refractivity contribution >= 4 is 16.9 Å². The second-order valence-corrected chi connectivity index (χ2v) is 5.57. The molecule has 0 bridgehead atoms. The summed E-state index contributed by atoms with van der Waals surface area (Å²) in [7, 11) is 1.78. The maximum Gasteiger partial charge on any atom is 0.156 e. The highest BCUT2D eigenvalue weighted by atomic mass is 32.2. The summed E-state index contributed by atoms with van der Waals surface area (Å²) in [6.07, 6.45) is 5.11. The zero-order valence-corrected chi connectivity index (χ0v) is 10.2. The van der Waals surface area contributed by atoms with E-state index in [0.717, 1.165) is 24.9 Å². The minimum atomic E-state index is 0.524. The Morgan fingerprint density at radius 1 is 1.53 bits per heavy atom. The Labute approximate surface area is 96.1 Å². The minimum absolute atomic E-state index is 0.524. The summed E-state index contributed by atoms with van der Waals surface area (Å²) in [6, 6.07) is 0. The van der Waals surface area contributed by atoms with Crippen LogP contribution in [-0.2, 0) is 4.74 Å². The predicted molar refractivity (Wildman–Crippen MR) is 65.5 cm³/mol. The van der Waals surface area contributed by atoms with E-state index in [9.17, 15) is 0 Å². The van der Waals surface area contributed by atoms with Gasteiger partial charge in [-0.05, 0) is 31.1 Å². The zero-order valence-electron chi connectivity index (χ0n) is 9.42. The lowest BCUT2D eigenvalue weighted by Crippen LogP contribution is -2.30. The molecule has 15 heavy (non-hydrogen) atoms. The lowest BCUT2D eigenvalue weighted by Gasteiger charge is -2.18. The smallest absolute Gasteiger partial charge is 0.156 e. The van der Waals surface area contributed by atoms with Crippen LogP contribution in [0.15, 0.2) is 4.99 Å². The SMILES string of the molecule is COCCC1(CNC2=NCCCS2)CC1. The largest absolute Gasteiger partial charge is 0.385 e. The molecule has 1 aliphatic heterocycles. The number of amidine groups is 1. The van der Waals surface area contributed by atoms with Crippen molar-refractivity contribution in [3.8, 4) is 0 Å².